The fourth-order valence-corrected chi connectivity index (χ4v) is 7.68. The summed E-state index contributed by atoms with van der Waals surface area (Å²) in [5, 5.41) is 2.74. The van der Waals surface area contributed by atoms with E-state index < -0.39 is 5.97 Å². The molecule has 4 saturated carbocycles. The molecule has 4 aliphatic rings. The van der Waals surface area contributed by atoms with E-state index in [2.05, 4.69) is 26.0 Å². The summed E-state index contributed by atoms with van der Waals surface area (Å²) in [7, 11) is 1.33. The normalized spacial score (nSPS) is 31.3. The standard InChI is InChI=1S/C23H28BrNO5/c1-29-21(28)18-4-2-15(3-5-18)12-25-19(26)13-30-20(27)11-22-7-16-6-17(8-22)10-23(24,9-16)14-22/h2-5,16-17H,6-14H2,1H3,(H,25,26)/t16-,17+,22?,23?. The summed E-state index contributed by atoms with van der Waals surface area (Å²) >= 11 is 3.96. The van der Waals surface area contributed by atoms with Crippen LogP contribution in [0.5, 0.6) is 0 Å². The van der Waals surface area contributed by atoms with Crippen molar-refractivity contribution in [2.24, 2.45) is 17.3 Å². The van der Waals surface area contributed by atoms with Crippen LogP contribution in [-0.4, -0.2) is 35.9 Å². The maximum absolute atomic E-state index is 12.5. The maximum Gasteiger partial charge on any atom is 0.337 e. The number of hydrogen-bond acceptors (Lipinski definition) is 5. The molecule has 4 atom stereocenters. The summed E-state index contributed by atoms with van der Waals surface area (Å²) in [6.45, 7) is 0.0404. The van der Waals surface area contributed by atoms with Crippen molar-refractivity contribution < 1.29 is 23.9 Å². The first kappa shape index (κ1) is 21.3. The van der Waals surface area contributed by atoms with Gasteiger partial charge in [0.15, 0.2) is 6.61 Å². The van der Waals surface area contributed by atoms with Gasteiger partial charge < -0.3 is 14.8 Å². The van der Waals surface area contributed by atoms with E-state index in [1.54, 1.807) is 24.3 Å². The van der Waals surface area contributed by atoms with E-state index in [-0.39, 0.29) is 28.2 Å². The van der Waals surface area contributed by atoms with Gasteiger partial charge >= 0.3 is 11.9 Å². The van der Waals surface area contributed by atoms with Gasteiger partial charge in [-0.15, -0.1) is 0 Å². The van der Waals surface area contributed by atoms with Gasteiger partial charge in [0.2, 0.25) is 0 Å². The van der Waals surface area contributed by atoms with Gasteiger partial charge in [0.25, 0.3) is 5.91 Å². The predicted molar refractivity (Wildman–Crippen MR) is 114 cm³/mol. The van der Waals surface area contributed by atoms with Crippen LogP contribution >= 0.6 is 15.9 Å². The summed E-state index contributed by atoms with van der Waals surface area (Å²) in [6, 6.07) is 6.80. The van der Waals surface area contributed by atoms with E-state index in [1.807, 2.05) is 0 Å². The molecule has 30 heavy (non-hydrogen) atoms. The molecule has 0 heterocycles. The average molecular weight is 478 g/mol. The first-order valence-corrected chi connectivity index (χ1v) is 11.4. The molecular formula is C23H28BrNO5. The van der Waals surface area contributed by atoms with Gasteiger partial charge in [-0.2, -0.15) is 0 Å². The molecule has 4 bridgehead atoms. The fraction of sp³-hybridized carbons (Fsp3) is 0.609. The van der Waals surface area contributed by atoms with Gasteiger partial charge in [0.1, 0.15) is 0 Å². The number of nitrogens with one attached hydrogen (secondary N) is 1. The smallest absolute Gasteiger partial charge is 0.337 e. The Morgan fingerprint density at radius 3 is 2.37 bits per heavy atom. The van der Waals surface area contributed by atoms with Crippen LogP contribution in [0.3, 0.4) is 0 Å². The number of esters is 2. The minimum atomic E-state index is -0.401. The molecule has 4 fully saturated rings. The Hall–Kier alpha value is -1.89. The molecule has 0 aromatic heterocycles. The Morgan fingerprint density at radius 2 is 1.77 bits per heavy atom. The zero-order valence-corrected chi connectivity index (χ0v) is 18.8. The third-order valence-electron chi connectivity index (χ3n) is 6.86. The number of amides is 1. The molecule has 1 N–H and O–H groups in total. The number of halogens is 1. The largest absolute Gasteiger partial charge is 0.465 e. The van der Waals surface area contributed by atoms with Crippen LogP contribution in [-0.2, 0) is 25.6 Å². The third-order valence-corrected chi connectivity index (χ3v) is 7.79. The molecule has 0 spiro atoms. The van der Waals surface area contributed by atoms with E-state index in [4.69, 9.17) is 4.74 Å². The van der Waals surface area contributed by atoms with Crippen molar-refractivity contribution in [2.45, 2.75) is 55.8 Å². The zero-order chi connectivity index (χ0) is 21.4. The average Bonchev–Trinajstić information content (AvgIpc) is 2.68. The first-order valence-electron chi connectivity index (χ1n) is 10.6. The number of carbonyl (C=O) groups excluding carboxylic acids is 3. The van der Waals surface area contributed by atoms with Crippen molar-refractivity contribution in [3.05, 3.63) is 35.4 Å². The first-order chi connectivity index (χ1) is 14.3. The SMILES string of the molecule is COC(=O)c1ccc(CNC(=O)COC(=O)CC23C[C@@H]4C[C@@H](CC(Br)(C4)C2)C3)cc1. The summed E-state index contributed by atoms with van der Waals surface area (Å²) in [4.78, 5) is 36.0. The van der Waals surface area contributed by atoms with Gasteiger partial charge in [0.05, 0.1) is 19.1 Å². The quantitative estimate of drug-likeness (QED) is 0.477. The number of alkyl halides is 1. The van der Waals surface area contributed by atoms with E-state index in [0.717, 1.165) is 24.8 Å². The van der Waals surface area contributed by atoms with E-state index in [1.165, 1.54) is 26.4 Å². The molecule has 0 aliphatic heterocycles. The predicted octanol–water partition coefficient (Wildman–Crippen LogP) is 3.76. The van der Waals surface area contributed by atoms with Crippen LogP contribution in [0.25, 0.3) is 0 Å². The molecule has 4 aliphatic carbocycles. The third kappa shape index (κ3) is 4.71. The van der Waals surface area contributed by atoms with Gasteiger partial charge in [-0.3, -0.25) is 9.59 Å². The van der Waals surface area contributed by atoms with Crippen LogP contribution < -0.4 is 5.32 Å². The molecule has 6 nitrogen and oxygen atoms in total. The monoisotopic (exact) mass is 477 g/mol. The molecule has 0 radical (unpaired) electrons. The van der Waals surface area contributed by atoms with Gasteiger partial charge in [-0.05, 0) is 73.5 Å². The lowest BCUT2D eigenvalue weighted by atomic mass is 9.49. The molecule has 2 unspecified atom stereocenters. The summed E-state index contributed by atoms with van der Waals surface area (Å²) in [5.41, 5.74) is 1.35. The summed E-state index contributed by atoms with van der Waals surface area (Å²) < 4.78 is 10.2. The zero-order valence-electron chi connectivity index (χ0n) is 17.2. The lowest BCUT2D eigenvalue weighted by Gasteiger charge is -2.60. The number of ether oxygens (including phenoxy) is 2. The topological polar surface area (TPSA) is 81.7 Å². The van der Waals surface area contributed by atoms with Crippen molar-refractivity contribution in [2.75, 3.05) is 13.7 Å². The fourth-order valence-electron chi connectivity index (χ4n) is 6.17. The number of hydrogen-bond donors (Lipinski definition) is 1. The van der Waals surface area contributed by atoms with Gasteiger partial charge in [-0.1, -0.05) is 28.1 Å². The van der Waals surface area contributed by atoms with E-state index in [9.17, 15) is 14.4 Å². The minimum absolute atomic E-state index is 0.0442. The molecular weight excluding hydrogens is 450 g/mol. The summed E-state index contributed by atoms with van der Waals surface area (Å²) in [6.07, 6.45) is 7.42. The van der Waals surface area contributed by atoms with Crippen LogP contribution in [0.4, 0.5) is 0 Å². The second kappa shape index (κ2) is 8.33. The van der Waals surface area contributed by atoms with E-state index >= 15 is 0 Å². The maximum atomic E-state index is 12.5. The van der Waals surface area contributed by atoms with Gasteiger partial charge in [-0.25, -0.2) is 4.79 Å². The highest BCUT2D eigenvalue weighted by atomic mass is 79.9. The highest BCUT2D eigenvalue weighted by Gasteiger charge is 2.57. The molecule has 7 heteroatoms. The minimum Gasteiger partial charge on any atom is -0.465 e. The van der Waals surface area contributed by atoms with Crippen molar-refractivity contribution >= 4 is 33.8 Å². The lowest BCUT2D eigenvalue weighted by molar-refractivity contribution is -0.154. The number of carbonyl (C=O) groups is 3. The van der Waals surface area contributed by atoms with Crippen LogP contribution in [0.15, 0.2) is 24.3 Å². The van der Waals surface area contributed by atoms with E-state index in [0.29, 0.717) is 30.4 Å². The Morgan fingerprint density at radius 1 is 1.10 bits per heavy atom. The second-order valence-corrected chi connectivity index (χ2v) is 11.1. The number of rotatable bonds is 7. The van der Waals surface area contributed by atoms with Crippen LogP contribution in [0, 0.1) is 17.3 Å². The Bertz CT molecular complexity index is 823. The Kier molecular flexibility index (Phi) is 5.93. The highest BCUT2D eigenvalue weighted by molar-refractivity contribution is 9.10. The van der Waals surface area contributed by atoms with Crippen molar-refractivity contribution in [3.8, 4) is 0 Å². The highest BCUT2D eigenvalue weighted by Crippen LogP contribution is 2.65. The van der Waals surface area contributed by atoms with Crippen molar-refractivity contribution in [1.29, 1.82) is 0 Å². The van der Waals surface area contributed by atoms with Crippen LogP contribution in [0.1, 0.15) is 60.9 Å². The van der Waals surface area contributed by atoms with Crippen molar-refractivity contribution in [1.82, 2.24) is 5.32 Å². The molecule has 5 rings (SSSR count). The number of methoxy groups -OCH3 is 1. The van der Waals surface area contributed by atoms with Crippen LogP contribution in [0.2, 0.25) is 0 Å². The Balaban J connectivity index is 1.22. The molecule has 1 aromatic carbocycles. The lowest BCUT2D eigenvalue weighted by Crippen LogP contribution is -2.53. The Labute approximate surface area is 185 Å². The molecule has 0 saturated heterocycles. The molecule has 1 aromatic rings. The summed E-state index contributed by atoms with van der Waals surface area (Å²) in [5.74, 6) is 0.426. The molecule has 1 amide bonds. The second-order valence-electron chi connectivity index (χ2n) is 9.41. The van der Waals surface area contributed by atoms with Crippen molar-refractivity contribution in [3.63, 3.8) is 0 Å². The number of benzene rings is 1. The van der Waals surface area contributed by atoms with Gasteiger partial charge in [0, 0.05) is 10.9 Å². The molecule has 162 valence electrons.